The van der Waals surface area contributed by atoms with E-state index in [1.807, 2.05) is 6.07 Å². The zero-order valence-electron chi connectivity index (χ0n) is 8.97. The van der Waals surface area contributed by atoms with Gasteiger partial charge in [-0.2, -0.15) is 0 Å². The average molecular weight is 257 g/mol. The van der Waals surface area contributed by atoms with Crippen LogP contribution in [0.1, 0.15) is 31.9 Å². The predicted octanol–water partition coefficient (Wildman–Crippen LogP) is 3.28. The lowest BCUT2D eigenvalue weighted by Crippen LogP contribution is -2.23. The van der Waals surface area contributed by atoms with Crippen LogP contribution in [-0.4, -0.2) is 11.7 Å². The van der Waals surface area contributed by atoms with E-state index in [1.54, 1.807) is 0 Å². The summed E-state index contributed by atoms with van der Waals surface area (Å²) in [6.07, 6.45) is 0.998. The Morgan fingerprint density at radius 1 is 1.36 bits per heavy atom. The number of halogens is 1. The Bertz CT molecular complexity index is 318. The van der Waals surface area contributed by atoms with Gasteiger partial charge in [0.05, 0.1) is 6.61 Å². The van der Waals surface area contributed by atoms with Crippen LogP contribution < -0.4 is 0 Å². The SMILES string of the molecule is CCc1cc(Br)ccc1C(C)(C)CO. The van der Waals surface area contributed by atoms with Gasteiger partial charge in [0.25, 0.3) is 0 Å². The molecular formula is C12H17BrO. The first-order valence-corrected chi connectivity index (χ1v) is 5.70. The van der Waals surface area contributed by atoms with Gasteiger partial charge in [-0.15, -0.1) is 0 Å². The summed E-state index contributed by atoms with van der Waals surface area (Å²) in [5.41, 5.74) is 2.40. The highest BCUT2D eigenvalue weighted by Crippen LogP contribution is 2.28. The molecule has 0 atom stereocenters. The van der Waals surface area contributed by atoms with Crippen LogP contribution in [0, 0.1) is 0 Å². The van der Waals surface area contributed by atoms with Crippen LogP contribution in [0.2, 0.25) is 0 Å². The molecule has 0 aliphatic heterocycles. The topological polar surface area (TPSA) is 20.2 Å². The molecule has 0 fully saturated rings. The van der Waals surface area contributed by atoms with Gasteiger partial charge >= 0.3 is 0 Å². The Labute approximate surface area is 94.3 Å². The minimum absolute atomic E-state index is 0.147. The van der Waals surface area contributed by atoms with Crippen LogP contribution in [0.25, 0.3) is 0 Å². The number of hydrogen-bond donors (Lipinski definition) is 1. The first-order chi connectivity index (χ1) is 6.51. The molecule has 0 unspecified atom stereocenters. The second kappa shape index (κ2) is 4.45. The molecule has 14 heavy (non-hydrogen) atoms. The smallest absolute Gasteiger partial charge is 0.0522 e. The van der Waals surface area contributed by atoms with Gasteiger partial charge in [0, 0.05) is 9.89 Å². The summed E-state index contributed by atoms with van der Waals surface area (Å²) < 4.78 is 1.10. The molecule has 0 amide bonds. The van der Waals surface area contributed by atoms with E-state index in [1.165, 1.54) is 11.1 Å². The third-order valence-corrected chi connectivity index (χ3v) is 3.07. The monoisotopic (exact) mass is 256 g/mol. The number of rotatable bonds is 3. The van der Waals surface area contributed by atoms with E-state index in [0.717, 1.165) is 10.9 Å². The third kappa shape index (κ3) is 2.37. The van der Waals surface area contributed by atoms with Crippen LogP contribution in [0.5, 0.6) is 0 Å². The summed E-state index contributed by atoms with van der Waals surface area (Å²) in [6.45, 7) is 6.45. The van der Waals surface area contributed by atoms with Crippen molar-refractivity contribution in [3.8, 4) is 0 Å². The Kier molecular flexibility index (Phi) is 3.73. The van der Waals surface area contributed by atoms with Gasteiger partial charge in [0.15, 0.2) is 0 Å². The van der Waals surface area contributed by atoms with E-state index in [0.29, 0.717) is 0 Å². The fraction of sp³-hybridized carbons (Fsp3) is 0.500. The van der Waals surface area contributed by atoms with Crippen LogP contribution >= 0.6 is 15.9 Å². The Balaban J connectivity index is 3.20. The van der Waals surface area contributed by atoms with Crippen molar-refractivity contribution in [1.29, 1.82) is 0 Å². The van der Waals surface area contributed by atoms with Gasteiger partial charge in [0.1, 0.15) is 0 Å². The molecule has 0 aromatic heterocycles. The normalized spacial score (nSPS) is 11.8. The number of benzene rings is 1. The molecule has 1 aromatic rings. The molecule has 1 N–H and O–H groups in total. The summed E-state index contributed by atoms with van der Waals surface area (Å²) in [6, 6.07) is 6.26. The molecule has 0 spiro atoms. The van der Waals surface area contributed by atoms with E-state index >= 15 is 0 Å². The van der Waals surface area contributed by atoms with E-state index < -0.39 is 0 Å². The van der Waals surface area contributed by atoms with E-state index in [-0.39, 0.29) is 12.0 Å². The summed E-state index contributed by atoms with van der Waals surface area (Å²) in [5.74, 6) is 0. The number of hydrogen-bond acceptors (Lipinski definition) is 1. The number of aryl methyl sites for hydroxylation is 1. The molecule has 0 aliphatic carbocycles. The van der Waals surface area contributed by atoms with Crippen LogP contribution in [0.3, 0.4) is 0 Å². The first kappa shape index (κ1) is 11.7. The average Bonchev–Trinajstić information content (AvgIpc) is 2.17. The molecule has 1 aromatic carbocycles. The Morgan fingerprint density at radius 3 is 2.50 bits per heavy atom. The second-order valence-electron chi connectivity index (χ2n) is 4.20. The maximum Gasteiger partial charge on any atom is 0.0522 e. The van der Waals surface area contributed by atoms with Crippen molar-refractivity contribution >= 4 is 15.9 Å². The van der Waals surface area contributed by atoms with Crippen molar-refractivity contribution in [3.63, 3.8) is 0 Å². The van der Waals surface area contributed by atoms with Gasteiger partial charge in [-0.3, -0.25) is 0 Å². The molecule has 0 bridgehead atoms. The van der Waals surface area contributed by atoms with E-state index in [2.05, 4.69) is 48.8 Å². The molecule has 0 aliphatic rings. The lowest BCUT2D eigenvalue weighted by atomic mass is 9.82. The summed E-state index contributed by atoms with van der Waals surface area (Å²) in [7, 11) is 0. The molecule has 0 saturated carbocycles. The van der Waals surface area contributed by atoms with Gasteiger partial charge in [0.2, 0.25) is 0 Å². The molecule has 0 saturated heterocycles. The highest BCUT2D eigenvalue weighted by atomic mass is 79.9. The van der Waals surface area contributed by atoms with Crippen LogP contribution in [-0.2, 0) is 11.8 Å². The van der Waals surface area contributed by atoms with Crippen molar-refractivity contribution < 1.29 is 5.11 Å². The molecule has 1 nitrogen and oxygen atoms in total. The molecule has 1 rings (SSSR count). The third-order valence-electron chi connectivity index (χ3n) is 2.57. The summed E-state index contributed by atoms with van der Waals surface area (Å²) >= 11 is 3.46. The first-order valence-electron chi connectivity index (χ1n) is 4.91. The predicted molar refractivity (Wildman–Crippen MR) is 63.6 cm³/mol. The quantitative estimate of drug-likeness (QED) is 0.881. The zero-order chi connectivity index (χ0) is 10.8. The summed E-state index contributed by atoms with van der Waals surface area (Å²) in [4.78, 5) is 0. The Hall–Kier alpha value is -0.340. The molecule has 78 valence electrons. The van der Waals surface area contributed by atoms with E-state index in [4.69, 9.17) is 0 Å². The second-order valence-corrected chi connectivity index (χ2v) is 5.11. The molecular weight excluding hydrogens is 240 g/mol. The molecule has 0 heterocycles. The highest BCUT2D eigenvalue weighted by Gasteiger charge is 2.21. The standard InChI is InChI=1S/C12H17BrO/c1-4-9-7-10(13)5-6-11(9)12(2,3)8-14/h5-7,14H,4,8H2,1-3H3. The van der Waals surface area contributed by atoms with Gasteiger partial charge in [-0.1, -0.05) is 42.8 Å². The molecule has 0 radical (unpaired) electrons. The van der Waals surface area contributed by atoms with Crippen molar-refractivity contribution in [3.05, 3.63) is 33.8 Å². The maximum atomic E-state index is 9.33. The van der Waals surface area contributed by atoms with Crippen LogP contribution in [0.4, 0.5) is 0 Å². The van der Waals surface area contributed by atoms with Crippen molar-refractivity contribution in [1.82, 2.24) is 0 Å². The fourth-order valence-electron chi connectivity index (χ4n) is 1.60. The lowest BCUT2D eigenvalue weighted by molar-refractivity contribution is 0.218. The number of aliphatic hydroxyl groups is 1. The highest BCUT2D eigenvalue weighted by molar-refractivity contribution is 9.10. The molecule has 2 heteroatoms. The van der Waals surface area contributed by atoms with Crippen molar-refractivity contribution in [2.45, 2.75) is 32.6 Å². The summed E-state index contributed by atoms with van der Waals surface area (Å²) in [5, 5.41) is 9.33. The number of aliphatic hydroxyl groups excluding tert-OH is 1. The Morgan fingerprint density at radius 2 is 2.00 bits per heavy atom. The van der Waals surface area contributed by atoms with Crippen LogP contribution in [0.15, 0.2) is 22.7 Å². The van der Waals surface area contributed by atoms with Crippen molar-refractivity contribution in [2.75, 3.05) is 6.61 Å². The minimum Gasteiger partial charge on any atom is -0.395 e. The van der Waals surface area contributed by atoms with Crippen molar-refractivity contribution in [2.24, 2.45) is 0 Å². The fourth-order valence-corrected chi connectivity index (χ4v) is 2.01. The lowest BCUT2D eigenvalue weighted by Gasteiger charge is -2.25. The van der Waals surface area contributed by atoms with Gasteiger partial charge in [-0.25, -0.2) is 0 Å². The largest absolute Gasteiger partial charge is 0.395 e. The maximum absolute atomic E-state index is 9.33. The van der Waals surface area contributed by atoms with Gasteiger partial charge in [-0.05, 0) is 29.7 Å². The van der Waals surface area contributed by atoms with Gasteiger partial charge < -0.3 is 5.11 Å². The zero-order valence-corrected chi connectivity index (χ0v) is 10.6. The van der Waals surface area contributed by atoms with E-state index in [9.17, 15) is 5.11 Å². The minimum atomic E-state index is -0.147.